The SMILES string of the molecule is CCN(c1ccc([C@H](COC)CC(=O)O)cc1Nc1ccc(F)cc1F)C1CCOCC1. The van der Waals surface area contributed by atoms with E-state index in [0.29, 0.717) is 18.9 Å². The average molecular weight is 449 g/mol. The van der Waals surface area contributed by atoms with Crippen molar-refractivity contribution in [3.8, 4) is 0 Å². The van der Waals surface area contributed by atoms with Gasteiger partial charge in [-0.3, -0.25) is 4.79 Å². The molecule has 0 amide bonds. The summed E-state index contributed by atoms with van der Waals surface area (Å²) >= 11 is 0. The molecule has 6 nitrogen and oxygen atoms in total. The lowest BCUT2D eigenvalue weighted by Gasteiger charge is -2.37. The Hall–Kier alpha value is -2.71. The maximum Gasteiger partial charge on any atom is 0.304 e. The molecule has 1 atom stereocenters. The lowest BCUT2D eigenvalue weighted by Crippen LogP contribution is -2.39. The van der Waals surface area contributed by atoms with Crippen molar-refractivity contribution in [2.45, 2.75) is 38.1 Å². The smallest absolute Gasteiger partial charge is 0.304 e. The van der Waals surface area contributed by atoms with Crippen molar-refractivity contribution in [1.29, 1.82) is 0 Å². The number of benzene rings is 2. The summed E-state index contributed by atoms with van der Waals surface area (Å²) < 4.78 is 38.6. The van der Waals surface area contributed by atoms with E-state index in [1.807, 2.05) is 18.2 Å². The van der Waals surface area contributed by atoms with E-state index in [0.717, 1.165) is 36.7 Å². The number of methoxy groups -OCH3 is 1. The Labute approximate surface area is 187 Å². The Morgan fingerprint density at radius 3 is 2.59 bits per heavy atom. The summed E-state index contributed by atoms with van der Waals surface area (Å²) in [6, 6.07) is 9.33. The van der Waals surface area contributed by atoms with Crippen LogP contribution in [0.25, 0.3) is 0 Å². The normalized spacial score (nSPS) is 15.4. The second kappa shape index (κ2) is 11.2. The van der Waals surface area contributed by atoms with E-state index >= 15 is 0 Å². The highest BCUT2D eigenvalue weighted by atomic mass is 19.1. The zero-order valence-electron chi connectivity index (χ0n) is 18.4. The first-order valence-electron chi connectivity index (χ1n) is 10.8. The number of halogens is 2. The van der Waals surface area contributed by atoms with Crippen LogP contribution in [0.3, 0.4) is 0 Å². The molecule has 0 radical (unpaired) electrons. The summed E-state index contributed by atoms with van der Waals surface area (Å²) in [6.45, 7) is 4.41. The molecule has 2 aromatic rings. The van der Waals surface area contributed by atoms with Crippen LogP contribution in [-0.2, 0) is 14.3 Å². The van der Waals surface area contributed by atoms with Gasteiger partial charge in [0.1, 0.15) is 11.6 Å². The number of hydrogen-bond donors (Lipinski definition) is 2. The number of carbonyl (C=O) groups is 1. The first kappa shape index (κ1) is 23.9. The van der Waals surface area contributed by atoms with E-state index in [4.69, 9.17) is 9.47 Å². The molecule has 0 spiro atoms. The molecule has 0 bridgehead atoms. The molecule has 1 aliphatic heterocycles. The minimum atomic E-state index is -0.924. The number of carboxylic acids is 1. The van der Waals surface area contributed by atoms with E-state index in [1.165, 1.54) is 19.2 Å². The summed E-state index contributed by atoms with van der Waals surface area (Å²) in [5.74, 6) is -2.63. The number of nitrogens with one attached hydrogen (secondary N) is 1. The van der Waals surface area contributed by atoms with Crippen molar-refractivity contribution in [3.05, 3.63) is 53.6 Å². The molecular weight excluding hydrogens is 418 g/mol. The van der Waals surface area contributed by atoms with Crippen molar-refractivity contribution >= 4 is 23.0 Å². The van der Waals surface area contributed by atoms with Gasteiger partial charge in [-0.15, -0.1) is 0 Å². The molecule has 1 fully saturated rings. The largest absolute Gasteiger partial charge is 0.481 e. The zero-order chi connectivity index (χ0) is 23.1. The second-order valence-corrected chi connectivity index (χ2v) is 7.91. The third kappa shape index (κ3) is 5.95. The Kier molecular flexibility index (Phi) is 8.41. The summed E-state index contributed by atoms with van der Waals surface area (Å²) in [4.78, 5) is 13.6. The van der Waals surface area contributed by atoms with Gasteiger partial charge in [0.2, 0.25) is 0 Å². The van der Waals surface area contributed by atoms with Crippen LogP contribution in [-0.4, -0.2) is 50.6 Å². The van der Waals surface area contributed by atoms with E-state index in [2.05, 4.69) is 17.1 Å². The number of aliphatic carboxylic acids is 1. The zero-order valence-corrected chi connectivity index (χ0v) is 18.4. The van der Waals surface area contributed by atoms with Gasteiger partial charge in [-0.25, -0.2) is 8.78 Å². The van der Waals surface area contributed by atoms with Crippen molar-refractivity contribution in [2.75, 3.05) is 43.7 Å². The van der Waals surface area contributed by atoms with Crippen molar-refractivity contribution in [2.24, 2.45) is 0 Å². The molecule has 0 aliphatic carbocycles. The van der Waals surface area contributed by atoms with Crippen molar-refractivity contribution in [3.63, 3.8) is 0 Å². The van der Waals surface area contributed by atoms with Crippen LogP contribution < -0.4 is 10.2 Å². The van der Waals surface area contributed by atoms with Gasteiger partial charge >= 0.3 is 5.97 Å². The molecule has 0 saturated carbocycles. The number of nitrogens with zero attached hydrogens (tertiary/aromatic N) is 1. The van der Waals surface area contributed by atoms with E-state index in [9.17, 15) is 18.7 Å². The fourth-order valence-electron chi connectivity index (χ4n) is 4.20. The van der Waals surface area contributed by atoms with Crippen molar-refractivity contribution in [1.82, 2.24) is 0 Å². The lowest BCUT2D eigenvalue weighted by atomic mass is 9.94. The van der Waals surface area contributed by atoms with Gasteiger partial charge in [0.25, 0.3) is 0 Å². The fourth-order valence-corrected chi connectivity index (χ4v) is 4.20. The quantitative estimate of drug-likeness (QED) is 0.538. The summed E-state index contributed by atoms with van der Waals surface area (Å²) in [5.41, 5.74) is 2.42. The van der Waals surface area contributed by atoms with E-state index in [-0.39, 0.29) is 30.7 Å². The molecule has 0 unspecified atom stereocenters. The first-order chi connectivity index (χ1) is 15.4. The van der Waals surface area contributed by atoms with Crippen LogP contribution in [0.15, 0.2) is 36.4 Å². The third-order valence-electron chi connectivity index (χ3n) is 5.76. The maximum atomic E-state index is 14.4. The molecule has 1 saturated heterocycles. The topological polar surface area (TPSA) is 71.0 Å². The Morgan fingerprint density at radius 1 is 1.22 bits per heavy atom. The predicted molar refractivity (Wildman–Crippen MR) is 120 cm³/mol. The number of carboxylic acid groups (broad SMARTS) is 1. The maximum absolute atomic E-state index is 14.4. The number of hydrogen-bond acceptors (Lipinski definition) is 5. The predicted octanol–water partition coefficient (Wildman–Crippen LogP) is 4.92. The molecule has 32 heavy (non-hydrogen) atoms. The van der Waals surface area contributed by atoms with Gasteiger partial charge in [-0.1, -0.05) is 6.07 Å². The number of ether oxygens (including phenoxy) is 2. The highest BCUT2D eigenvalue weighted by molar-refractivity contribution is 5.77. The summed E-state index contributed by atoms with van der Waals surface area (Å²) in [6.07, 6.45) is 1.67. The lowest BCUT2D eigenvalue weighted by molar-refractivity contribution is -0.137. The van der Waals surface area contributed by atoms with Gasteiger partial charge in [0.15, 0.2) is 0 Å². The minimum Gasteiger partial charge on any atom is -0.481 e. The molecule has 2 N–H and O–H groups in total. The second-order valence-electron chi connectivity index (χ2n) is 7.91. The van der Waals surface area contributed by atoms with Gasteiger partial charge in [-0.05, 0) is 49.6 Å². The molecule has 0 aromatic heterocycles. The van der Waals surface area contributed by atoms with Crippen LogP contribution in [0.2, 0.25) is 0 Å². The fraction of sp³-hybridized carbons (Fsp3) is 0.458. The van der Waals surface area contributed by atoms with Crippen LogP contribution in [0.5, 0.6) is 0 Å². The number of rotatable bonds is 10. The minimum absolute atomic E-state index is 0.0883. The third-order valence-corrected chi connectivity index (χ3v) is 5.76. The monoisotopic (exact) mass is 448 g/mol. The molecule has 8 heteroatoms. The average Bonchev–Trinajstić information content (AvgIpc) is 2.77. The highest BCUT2D eigenvalue weighted by Gasteiger charge is 2.24. The van der Waals surface area contributed by atoms with Crippen LogP contribution >= 0.6 is 0 Å². The summed E-state index contributed by atoms with van der Waals surface area (Å²) in [5, 5.41) is 12.4. The number of anilines is 3. The van der Waals surface area contributed by atoms with Crippen LogP contribution in [0.1, 0.15) is 37.7 Å². The van der Waals surface area contributed by atoms with Crippen LogP contribution in [0.4, 0.5) is 25.8 Å². The molecule has 174 valence electrons. The Bertz CT molecular complexity index is 919. The molecule has 1 heterocycles. The molecule has 2 aromatic carbocycles. The standard InChI is InChI=1S/C24H30F2N2O4/c1-3-28(19-8-10-32-11-9-19)23-7-4-16(17(15-31-2)13-24(29)30)12-22(23)27-21-6-5-18(25)14-20(21)26/h4-7,12,14,17,19,27H,3,8-11,13,15H2,1-2H3,(H,29,30)/t17-/m0/s1. The van der Waals surface area contributed by atoms with Gasteiger partial charge in [0, 0.05) is 44.9 Å². The molecular formula is C24H30F2N2O4. The van der Waals surface area contributed by atoms with Crippen LogP contribution in [0, 0.1) is 11.6 Å². The Morgan fingerprint density at radius 2 is 1.97 bits per heavy atom. The van der Waals surface area contributed by atoms with E-state index < -0.39 is 17.6 Å². The van der Waals surface area contributed by atoms with Crippen molar-refractivity contribution < 1.29 is 28.2 Å². The van der Waals surface area contributed by atoms with E-state index in [1.54, 1.807) is 0 Å². The van der Waals surface area contributed by atoms with Gasteiger partial charge in [-0.2, -0.15) is 0 Å². The van der Waals surface area contributed by atoms with Gasteiger partial charge < -0.3 is 24.8 Å². The molecule has 3 rings (SSSR count). The highest BCUT2D eigenvalue weighted by Crippen LogP contribution is 2.36. The Balaban J connectivity index is 2.03. The molecule has 1 aliphatic rings. The summed E-state index contributed by atoms with van der Waals surface area (Å²) in [7, 11) is 1.53. The van der Waals surface area contributed by atoms with Gasteiger partial charge in [0.05, 0.1) is 30.1 Å². The first-order valence-corrected chi connectivity index (χ1v) is 10.8.